The molecule has 0 aliphatic heterocycles. The van der Waals surface area contributed by atoms with Crippen molar-refractivity contribution < 1.29 is 13.9 Å². The van der Waals surface area contributed by atoms with Crippen LogP contribution in [-0.4, -0.2) is 18.8 Å². The fourth-order valence-electron chi connectivity index (χ4n) is 2.19. The van der Waals surface area contributed by atoms with Gasteiger partial charge in [-0.1, -0.05) is 12.1 Å². The molecule has 5 heteroatoms. The second-order valence-electron chi connectivity index (χ2n) is 5.24. The van der Waals surface area contributed by atoms with Crippen LogP contribution in [0.5, 0.6) is 5.75 Å². The molecule has 0 unspecified atom stereocenters. The second kappa shape index (κ2) is 8.02. The minimum absolute atomic E-state index is 0.0703. The van der Waals surface area contributed by atoms with Crippen molar-refractivity contribution in [1.29, 1.82) is 0 Å². The average molecular weight is 333 g/mol. The highest BCUT2D eigenvalue weighted by molar-refractivity contribution is 7.99. The molecule has 1 amide bonds. The van der Waals surface area contributed by atoms with Gasteiger partial charge in [0.05, 0.1) is 12.9 Å². The van der Waals surface area contributed by atoms with E-state index in [2.05, 4.69) is 5.32 Å². The highest BCUT2D eigenvalue weighted by Crippen LogP contribution is 2.24. The Bertz CT molecular complexity index is 703. The SMILES string of the molecule is COc1ccc(F)cc1CSCC(=O)Nc1cccc(C)c1C. The maximum Gasteiger partial charge on any atom is 0.234 e. The van der Waals surface area contributed by atoms with Gasteiger partial charge in [-0.2, -0.15) is 0 Å². The molecule has 0 atom stereocenters. The van der Waals surface area contributed by atoms with E-state index in [1.807, 2.05) is 32.0 Å². The van der Waals surface area contributed by atoms with Gasteiger partial charge in [-0.05, 0) is 49.2 Å². The normalized spacial score (nSPS) is 10.4. The Labute approximate surface area is 140 Å². The van der Waals surface area contributed by atoms with Crippen molar-refractivity contribution in [3.63, 3.8) is 0 Å². The average Bonchev–Trinajstić information content (AvgIpc) is 2.52. The zero-order valence-corrected chi connectivity index (χ0v) is 14.3. The number of benzene rings is 2. The van der Waals surface area contributed by atoms with Crippen molar-refractivity contribution in [2.45, 2.75) is 19.6 Å². The summed E-state index contributed by atoms with van der Waals surface area (Å²) in [5.74, 6) is 1.07. The van der Waals surface area contributed by atoms with Gasteiger partial charge in [-0.15, -0.1) is 11.8 Å². The standard InChI is InChI=1S/C18H20FNO2S/c1-12-5-4-6-16(13(12)2)20-18(21)11-23-10-14-9-15(19)7-8-17(14)22-3/h4-9H,10-11H2,1-3H3,(H,20,21). The predicted octanol–water partition coefficient (Wildman–Crippen LogP) is 4.32. The minimum Gasteiger partial charge on any atom is -0.496 e. The third-order valence-electron chi connectivity index (χ3n) is 3.61. The molecule has 2 aromatic carbocycles. The molecule has 23 heavy (non-hydrogen) atoms. The van der Waals surface area contributed by atoms with Gasteiger partial charge < -0.3 is 10.1 Å². The molecule has 122 valence electrons. The van der Waals surface area contributed by atoms with Crippen LogP contribution in [0.15, 0.2) is 36.4 Å². The Balaban J connectivity index is 1.90. The lowest BCUT2D eigenvalue weighted by atomic mass is 10.1. The summed E-state index contributed by atoms with van der Waals surface area (Å²) in [5, 5.41) is 2.91. The second-order valence-corrected chi connectivity index (χ2v) is 6.23. The quantitative estimate of drug-likeness (QED) is 0.855. The van der Waals surface area contributed by atoms with Crippen LogP contribution in [0.25, 0.3) is 0 Å². The summed E-state index contributed by atoms with van der Waals surface area (Å²) >= 11 is 1.42. The van der Waals surface area contributed by atoms with E-state index in [1.54, 1.807) is 13.2 Å². The van der Waals surface area contributed by atoms with Gasteiger partial charge in [0.1, 0.15) is 11.6 Å². The number of amides is 1. The molecule has 0 bridgehead atoms. The Morgan fingerprint density at radius 3 is 2.78 bits per heavy atom. The molecule has 0 heterocycles. The fourth-order valence-corrected chi connectivity index (χ4v) is 2.99. The first kappa shape index (κ1) is 17.3. The van der Waals surface area contributed by atoms with E-state index in [0.717, 1.165) is 22.4 Å². The van der Waals surface area contributed by atoms with Crippen molar-refractivity contribution in [1.82, 2.24) is 0 Å². The molecular formula is C18H20FNO2S. The number of hydrogen-bond acceptors (Lipinski definition) is 3. The van der Waals surface area contributed by atoms with Crippen LogP contribution in [0.1, 0.15) is 16.7 Å². The number of methoxy groups -OCH3 is 1. The lowest BCUT2D eigenvalue weighted by Gasteiger charge is -2.11. The number of thioether (sulfide) groups is 1. The number of nitrogens with one attached hydrogen (secondary N) is 1. The first-order chi connectivity index (χ1) is 11.0. The van der Waals surface area contributed by atoms with Crippen LogP contribution in [-0.2, 0) is 10.5 Å². The lowest BCUT2D eigenvalue weighted by Crippen LogP contribution is -2.15. The Morgan fingerprint density at radius 2 is 2.04 bits per heavy atom. The molecule has 2 rings (SSSR count). The van der Waals surface area contributed by atoms with Crippen molar-refractivity contribution in [2.24, 2.45) is 0 Å². The largest absolute Gasteiger partial charge is 0.496 e. The molecular weight excluding hydrogens is 313 g/mol. The first-order valence-corrected chi connectivity index (χ1v) is 8.43. The molecule has 3 nitrogen and oxygen atoms in total. The number of anilines is 1. The smallest absolute Gasteiger partial charge is 0.234 e. The van der Waals surface area contributed by atoms with Crippen molar-refractivity contribution >= 4 is 23.4 Å². The van der Waals surface area contributed by atoms with Crippen LogP contribution in [0.2, 0.25) is 0 Å². The fraction of sp³-hybridized carbons (Fsp3) is 0.278. The summed E-state index contributed by atoms with van der Waals surface area (Å²) in [4.78, 5) is 12.1. The van der Waals surface area contributed by atoms with Gasteiger partial charge in [0.25, 0.3) is 0 Å². The third kappa shape index (κ3) is 4.73. The summed E-state index contributed by atoms with van der Waals surface area (Å²) in [6, 6.07) is 10.2. The molecule has 0 spiro atoms. The number of carbonyl (C=O) groups is 1. The molecule has 0 saturated heterocycles. The van der Waals surface area contributed by atoms with E-state index < -0.39 is 0 Å². The van der Waals surface area contributed by atoms with Gasteiger partial charge in [-0.3, -0.25) is 4.79 Å². The number of halogens is 1. The van der Waals surface area contributed by atoms with Crippen LogP contribution >= 0.6 is 11.8 Å². The minimum atomic E-state index is -0.304. The topological polar surface area (TPSA) is 38.3 Å². The molecule has 2 aromatic rings. The van der Waals surface area contributed by atoms with Crippen LogP contribution < -0.4 is 10.1 Å². The van der Waals surface area contributed by atoms with E-state index in [-0.39, 0.29) is 11.7 Å². The molecule has 0 saturated carbocycles. The van der Waals surface area contributed by atoms with Crippen molar-refractivity contribution in [3.05, 3.63) is 58.9 Å². The summed E-state index contributed by atoms with van der Waals surface area (Å²) in [6.07, 6.45) is 0. The van der Waals surface area contributed by atoms with Crippen LogP contribution in [0, 0.1) is 19.7 Å². The van der Waals surface area contributed by atoms with Crippen LogP contribution in [0.3, 0.4) is 0 Å². The number of carbonyl (C=O) groups excluding carboxylic acids is 1. The van der Waals surface area contributed by atoms with E-state index in [0.29, 0.717) is 17.3 Å². The highest BCUT2D eigenvalue weighted by atomic mass is 32.2. The maximum absolute atomic E-state index is 13.3. The van der Waals surface area contributed by atoms with Gasteiger partial charge in [0.2, 0.25) is 5.91 Å². The molecule has 0 fully saturated rings. The van der Waals surface area contributed by atoms with E-state index in [9.17, 15) is 9.18 Å². The number of ether oxygens (including phenoxy) is 1. The molecule has 0 aliphatic carbocycles. The molecule has 0 radical (unpaired) electrons. The zero-order chi connectivity index (χ0) is 16.8. The summed E-state index contributed by atoms with van der Waals surface area (Å²) < 4.78 is 18.5. The van der Waals surface area contributed by atoms with Gasteiger partial charge in [-0.25, -0.2) is 4.39 Å². The number of aryl methyl sites for hydroxylation is 1. The van der Waals surface area contributed by atoms with E-state index in [4.69, 9.17) is 4.74 Å². The number of hydrogen-bond donors (Lipinski definition) is 1. The van der Waals surface area contributed by atoms with Crippen molar-refractivity contribution in [3.8, 4) is 5.75 Å². The first-order valence-electron chi connectivity index (χ1n) is 7.27. The maximum atomic E-state index is 13.3. The Morgan fingerprint density at radius 1 is 1.26 bits per heavy atom. The van der Waals surface area contributed by atoms with Crippen LogP contribution in [0.4, 0.5) is 10.1 Å². The number of rotatable bonds is 6. The Hall–Kier alpha value is -2.01. The summed E-state index contributed by atoms with van der Waals surface area (Å²) in [7, 11) is 1.55. The third-order valence-corrected chi connectivity index (χ3v) is 4.59. The van der Waals surface area contributed by atoms with Gasteiger partial charge in [0, 0.05) is 17.0 Å². The highest BCUT2D eigenvalue weighted by Gasteiger charge is 2.09. The lowest BCUT2D eigenvalue weighted by molar-refractivity contribution is -0.113. The Kier molecular flexibility index (Phi) is 6.04. The zero-order valence-electron chi connectivity index (χ0n) is 13.5. The van der Waals surface area contributed by atoms with E-state index >= 15 is 0 Å². The molecule has 0 aliphatic rings. The van der Waals surface area contributed by atoms with Gasteiger partial charge >= 0.3 is 0 Å². The summed E-state index contributed by atoms with van der Waals surface area (Å²) in [6.45, 7) is 3.99. The molecule has 0 aromatic heterocycles. The van der Waals surface area contributed by atoms with Gasteiger partial charge in [0.15, 0.2) is 0 Å². The van der Waals surface area contributed by atoms with E-state index in [1.165, 1.54) is 23.9 Å². The molecule has 1 N–H and O–H groups in total. The predicted molar refractivity (Wildman–Crippen MR) is 93.7 cm³/mol. The monoisotopic (exact) mass is 333 g/mol. The van der Waals surface area contributed by atoms with Crippen molar-refractivity contribution in [2.75, 3.05) is 18.2 Å². The summed E-state index contributed by atoms with van der Waals surface area (Å²) in [5.41, 5.74) is 3.79.